The van der Waals surface area contributed by atoms with Crippen molar-refractivity contribution >= 4 is 6.09 Å². The molecule has 2 aromatic rings. The Balaban J connectivity index is 1.90. The van der Waals surface area contributed by atoms with Crippen molar-refractivity contribution < 1.29 is 18.7 Å². The highest BCUT2D eigenvalue weighted by molar-refractivity contribution is 5.68. The Bertz CT molecular complexity index is 846. The number of carbonyl (C=O) groups excluding carboxylic acids is 1. The summed E-state index contributed by atoms with van der Waals surface area (Å²) >= 11 is 0. The molecular formula is C23H28FNO3. The van der Waals surface area contributed by atoms with Crippen LogP contribution in [0.15, 0.2) is 36.4 Å². The van der Waals surface area contributed by atoms with E-state index in [0.29, 0.717) is 17.7 Å². The van der Waals surface area contributed by atoms with E-state index in [1.807, 2.05) is 44.2 Å². The minimum Gasteiger partial charge on any atom is -0.494 e. The molecule has 0 aromatic heterocycles. The Morgan fingerprint density at radius 2 is 1.96 bits per heavy atom. The van der Waals surface area contributed by atoms with Gasteiger partial charge in [-0.3, -0.25) is 0 Å². The van der Waals surface area contributed by atoms with Gasteiger partial charge in [-0.25, -0.2) is 9.18 Å². The van der Waals surface area contributed by atoms with Gasteiger partial charge in [0.2, 0.25) is 0 Å². The molecule has 28 heavy (non-hydrogen) atoms. The van der Waals surface area contributed by atoms with Crippen LogP contribution in [0.5, 0.6) is 5.75 Å². The molecule has 0 saturated heterocycles. The third-order valence-electron chi connectivity index (χ3n) is 5.43. The number of primary amides is 1. The summed E-state index contributed by atoms with van der Waals surface area (Å²) in [5, 5.41) is 0. The van der Waals surface area contributed by atoms with Gasteiger partial charge in [-0.2, -0.15) is 0 Å². The van der Waals surface area contributed by atoms with Gasteiger partial charge >= 0.3 is 6.09 Å². The molecule has 5 heteroatoms. The third-order valence-corrected chi connectivity index (χ3v) is 5.43. The number of amides is 1. The fraction of sp³-hybridized carbons (Fsp3) is 0.435. The van der Waals surface area contributed by atoms with E-state index in [0.717, 1.165) is 42.6 Å². The topological polar surface area (TPSA) is 61.6 Å². The lowest BCUT2D eigenvalue weighted by atomic mass is 9.71. The largest absolute Gasteiger partial charge is 0.494 e. The van der Waals surface area contributed by atoms with Crippen LogP contribution in [-0.4, -0.2) is 12.7 Å². The molecule has 2 N–H and O–H groups in total. The van der Waals surface area contributed by atoms with Gasteiger partial charge in [0.1, 0.15) is 17.7 Å². The van der Waals surface area contributed by atoms with Crippen molar-refractivity contribution in [1.82, 2.24) is 0 Å². The molecule has 1 amide bonds. The fourth-order valence-corrected chi connectivity index (χ4v) is 3.73. The number of rotatable bonds is 6. The van der Waals surface area contributed by atoms with E-state index >= 15 is 0 Å². The van der Waals surface area contributed by atoms with Gasteiger partial charge in [0.15, 0.2) is 0 Å². The highest BCUT2D eigenvalue weighted by Crippen LogP contribution is 2.47. The quantitative estimate of drug-likeness (QED) is 0.641. The minimum atomic E-state index is -0.839. The molecule has 0 bridgehead atoms. The normalized spacial score (nSPS) is 17.6. The second-order valence-electron chi connectivity index (χ2n) is 8.06. The number of carbonyl (C=O) groups is 1. The maximum absolute atomic E-state index is 15.0. The van der Waals surface area contributed by atoms with E-state index < -0.39 is 12.2 Å². The zero-order chi connectivity index (χ0) is 20.3. The highest BCUT2D eigenvalue weighted by atomic mass is 19.1. The van der Waals surface area contributed by atoms with Crippen molar-refractivity contribution in [3.05, 3.63) is 53.3 Å². The van der Waals surface area contributed by atoms with Gasteiger partial charge in [0.25, 0.3) is 0 Å². The lowest BCUT2D eigenvalue weighted by Gasteiger charge is -2.39. The molecular weight excluding hydrogens is 357 g/mol. The summed E-state index contributed by atoms with van der Waals surface area (Å²) in [5.41, 5.74) is 7.98. The molecule has 4 nitrogen and oxygen atoms in total. The van der Waals surface area contributed by atoms with Gasteiger partial charge < -0.3 is 15.2 Å². The highest BCUT2D eigenvalue weighted by Gasteiger charge is 2.39. The average molecular weight is 385 g/mol. The number of ether oxygens (including phenoxy) is 2. The van der Waals surface area contributed by atoms with Crippen LogP contribution < -0.4 is 10.5 Å². The van der Waals surface area contributed by atoms with E-state index in [1.54, 1.807) is 0 Å². The SMILES string of the molecule is CCCCOc1ccc(-c2cc3c(cc2F)[C@H](OC(N)=O)C(C)(C)CC3)cc1. The fourth-order valence-electron chi connectivity index (χ4n) is 3.73. The molecule has 0 heterocycles. The maximum atomic E-state index is 15.0. The first-order valence-electron chi connectivity index (χ1n) is 9.83. The van der Waals surface area contributed by atoms with Gasteiger partial charge in [-0.15, -0.1) is 0 Å². The van der Waals surface area contributed by atoms with E-state index in [4.69, 9.17) is 15.2 Å². The lowest BCUT2D eigenvalue weighted by molar-refractivity contribution is 0.0145. The second kappa shape index (κ2) is 8.21. The van der Waals surface area contributed by atoms with Crippen molar-refractivity contribution in [3.8, 4) is 16.9 Å². The van der Waals surface area contributed by atoms with Gasteiger partial charge in [-0.05, 0) is 60.2 Å². The average Bonchev–Trinajstić information content (AvgIpc) is 2.65. The van der Waals surface area contributed by atoms with Crippen molar-refractivity contribution in [2.45, 2.75) is 52.6 Å². The number of aryl methyl sites for hydroxylation is 1. The first-order valence-corrected chi connectivity index (χ1v) is 9.83. The third kappa shape index (κ3) is 4.29. The first kappa shape index (κ1) is 20.2. The van der Waals surface area contributed by atoms with Crippen LogP contribution in [0.25, 0.3) is 11.1 Å². The number of nitrogens with two attached hydrogens (primary N) is 1. The summed E-state index contributed by atoms with van der Waals surface area (Å²) in [6, 6.07) is 10.8. The summed E-state index contributed by atoms with van der Waals surface area (Å²) < 4.78 is 26.0. The zero-order valence-corrected chi connectivity index (χ0v) is 16.8. The second-order valence-corrected chi connectivity index (χ2v) is 8.06. The smallest absolute Gasteiger partial charge is 0.405 e. The Hall–Kier alpha value is -2.56. The molecule has 150 valence electrons. The Kier molecular flexibility index (Phi) is 5.92. The summed E-state index contributed by atoms with van der Waals surface area (Å²) in [5.74, 6) is 0.446. The molecule has 1 aliphatic carbocycles. The molecule has 0 unspecified atom stereocenters. The van der Waals surface area contributed by atoms with Gasteiger partial charge in [-0.1, -0.05) is 39.3 Å². The number of fused-ring (bicyclic) bond motifs is 1. The summed E-state index contributed by atoms with van der Waals surface area (Å²) in [7, 11) is 0. The summed E-state index contributed by atoms with van der Waals surface area (Å²) in [4.78, 5) is 11.4. The minimum absolute atomic E-state index is 0.298. The molecule has 1 aliphatic rings. The van der Waals surface area contributed by atoms with Crippen LogP contribution in [0.2, 0.25) is 0 Å². The molecule has 0 radical (unpaired) electrons. The Morgan fingerprint density at radius 1 is 1.25 bits per heavy atom. The van der Waals surface area contributed by atoms with E-state index in [1.165, 1.54) is 6.07 Å². The van der Waals surface area contributed by atoms with Crippen LogP contribution in [0.3, 0.4) is 0 Å². The number of halogens is 1. The zero-order valence-electron chi connectivity index (χ0n) is 16.8. The molecule has 2 aromatic carbocycles. The molecule has 1 atom stereocenters. The van der Waals surface area contributed by atoms with Crippen LogP contribution in [0.4, 0.5) is 9.18 Å². The number of benzene rings is 2. The summed E-state index contributed by atoms with van der Waals surface area (Å²) in [6.45, 7) is 6.81. The number of hydrogen-bond donors (Lipinski definition) is 1. The first-order chi connectivity index (χ1) is 13.3. The monoisotopic (exact) mass is 385 g/mol. The van der Waals surface area contributed by atoms with Crippen LogP contribution in [0.1, 0.15) is 57.3 Å². The molecule has 0 spiro atoms. The summed E-state index contributed by atoms with van der Waals surface area (Å²) in [6.07, 6.45) is 2.32. The van der Waals surface area contributed by atoms with E-state index in [-0.39, 0.29) is 11.2 Å². The van der Waals surface area contributed by atoms with Crippen LogP contribution >= 0.6 is 0 Å². The van der Waals surface area contributed by atoms with Gasteiger partial charge in [0.05, 0.1) is 6.61 Å². The predicted octanol–water partition coefficient (Wildman–Crippen LogP) is 5.78. The van der Waals surface area contributed by atoms with Crippen LogP contribution in [-0.2, 0) is 11.2 Å². The van der Waals surface area contributed by atoms with E-state index in [9.17, 15) is 9.18 Å². The molecule has 0 fully saturated rings. The molecule has 3 rings (SSSR count). The Labute approximate surface area is 165 Å². The van der Waals surface area contributed by atoms with Crippen LogP contribution in [0, 0.1) is 11.2 Å². The Morgan fingerprint density at radius 3 is 2.61 bits per heavy atom. The van der Waals surface area contributed by atoms with Crippen molar-refractivity contribution in [2.24, 2.45) is 11.1 Å². The maximum Gasteiger partial charge on any atom is 0.405 e. The van der Waals surface area contributed by atoms with Gasteiger partial charge in [0, 0.05) is 11.0 Å². The number of unbranched alkanes of at least 4 members (excludes halogenated alkanes) is 1. The van der Waals surface area contributed by atoms with Crippen molar-refractivity contribution in [2.75, 3.05) is 6.61 Å². The number of hydrogen-bond acceptors (Lipinski definition) is 3. The molecule has 0 aliphatic heterocycles. The predicted molar refractivity (Wildman–Crippen MR) is 108 cm³/mol. The van der Waals surface area contributed by atoms with Crippen molar-refractivity contribution in [1.29, 1.82) is 0 Å². The lowest BCUT2D eigenvalue weighted by Crippen LogP contribution is -2.33. The van der Waals surface area contributed by atoms with Crippen molar-refractivity contribution in [3.63, 3.8) is 0 Å². The molecule has 0 saturated carbocycles. The van der Waals surface area contributed by atoms with E-state index in [2.05, 4.69) is 6.92 Å². The standard InChI is InChI=1S/C23H28FNO3/c1-4-5-12-27-17-8-6-15(7-9-17)18-13-16-10-11-23(2,3)21(28-22(25)26)19(16)14-20(18)24/h6-9,13-14,21H,4-5,10-12H2,1-3H3,(H2,25,26)/t21-/m0/s1.